The molecule has 1 nitrogen and oxygen atoms in total. The molecule has 0 bridgehead atoms. The maximum Gasteiger partial charge on any atom is 0.0896 e. The zero-order valence-corrected chi connectivity index (χ0v) is 8.58. The molecule has 0 aromatic carbocycles. The van der Waals surface area contributed by atoms with Gasteiger partial charge in [-0.3, -0.25) is 0 Å². The number of thiazole rings is 1. The first-order valence-corrected chi connectivity index (χ1v) is 5.45. The van der Waals surface area contributed by atoms with Crippen molar-refractivity contribution < 1.29 is 0 Å². The number of rotatable bonds is 1. The molecule has 0 spiro atoms. The van der Waals surface area contributed by atoms with Gasteiger partial charge < -0.3 is 0 Å². The van der Waals surface area contributed by atoms with Gasteiger partial charge in [0.2, 0.25) is 0 Å². The van der Waals surface area contributed by atoms with E-state index in [2.05, 4.69) is 25.0 Å². The van der Waals surface area contributed by atoms with Crippen LogP contribution in [-0.4, -0.2) is 4.98 Å². The third-order valence-corrected chi connectivity index (χ3v) is 4.14. The zero-order chi connectivity index (χ0) is 8.60. The Kier molecular flexibility index (Phi) is 1.95. The molecule has 2 rings (SSSR count). The van der Waals surface area contributed by atoms with Crippen molar-refractivity contribution in [3.63, 3.8) is 0 Å². The van der Waals surface area contributed by atoms with Crippen LogP contribution in [0, 0.1) is 6.92 Å². The molecule has 1 aliphatic carbocycles. The van der Waals surface area contributed by atoms with Crippen LogP contribution < -0.4 is 0 Å². The van der Waals surface area contributed by atoms with Crippen molar-refractivity contribution in [2.75, 3.05) is 0 Å². The Morgan fingerprint density at radius 1 is 1.42 bits per heavy atom. The molecule has 0 unspecified atom stereocenters. The molecule has 1 aromatic heterocycles. The predicted octanol–water partition coefficient (Wildman–Crippen LogP) is 3.28. The monoisotopic (exact) mass is 181 g/mol. The van der Waals surface area contributed by atoms with E-state index in [0.717, 1.165) is 0 Å². The molecular formula is C10H15NS. The van der Waals surface area contributed by atoms with Gasteiger partial charge in [0.05, 0.1) is 5.01 Å². The van der Waals surface area contributed by atoms with Crippen LogP contribution in [0.25, 0.3) is 0 Å². The van der Waals surface area contributed by atoms with E-state index in [-0.39, 0.29) is 0 Å². The second kappa shape index (κ2) is 2.84. The average Bonchev–Trinajstić information content (AvgIpc) is 2.59. The van der Waals surface area contributed by atoms with Crippen LogP contribution in [0.4, 0.5) is 0 Å². The fourth-order valence-electron chi connectivity index (χ4n) is 2.04. The molecule has 1 aromatic rings. The second-order valence-corrected chi connectivity index (χ2v) is 5.25. The minimum absolute atomic E-state index is 0.464. The van der Waals surface area contributed by atoms with E-state index < -0.39 is 0 Å². The van der Waals surface area contributed by atoms with Gasteiger partial charge in [-0.2, -0.15) is 0 Å². The summed E-state index contributed by atoms with van der Waals surface area (Å²) in [6, 6.07) is 0. The number of nitrogens with zero attached hydrogens (tertiary/aromatic N) is 1. The number of hydrogen-bond donors (Lipinski definition) is 0. The smallest absolute Gasteiger partial charge is 0.0896 e. The van der Waals surface area contributed by atoms with Gasteiger partial charge in [0.25, 0.3) is 0 Å². The van der Waals surface area contributed by atoms with E-state index in [0.29, 0.717) is 5.41 Å². The molecule has 2 heteroatoms. The summed E-state index contributed by atoms with van der Waals surface area (Å²) < 4.78 is 0. The highest BCUT2D eigenvalue weighted by atomic mass is 32.1. The summed E-state index contributed by atoms with van der Waals surface area (Å²) in [6.45, 7) is 4.47. The van der Waals surface area contributed by atoms with E-state index in [1.807, 2.05) is 11.3 Å². The molecule has 12 heavy (non-hydrogen) atoms. The predicted molar refractivity (Wildman–Crippen MR) is 52.7 cm³/mol. The van der Waals surface area contributed by atoms with E-state index in [1.165, 1.54) is 35.6 Å². The van der Waals surface area contributed by atoms with Crippen LogP contribution in [-0.2, 0) is 5.41 Å². The van der Waals surface area contributed by atoms with Gasteiger partial charge in [0, 0.05) is 16.5 Å². The van der Waals surface area contributed by atoms with Crippen molar-refractivity contribution in [3.8, 4) is 0 Å². The summed E-state index contributed by atoms with van der Waals surface area (Å²) in [5.74, 6) is 0. The molecule has 0 N–H and O–H groups in total. The van der Waals surface area contributed by atoms with Gasteiger partial charge in [0.15, 0.2) is 0 Å². The Bertz CT molecular complexity index is 271. The maximum absolute atomic E-state index is 4.32. The molecule has 1 fully saturated rings. The molecule has 0 saturated heterocycles. The van der Waals surface area contributed by atoms with Crippen LogP contribution in [0.3, 0.4) is 0 Å². The van der Waals surface area contributed by atoms with Crippen LogP contribution >= 0.6 is 11.3 Å². The third-order valence-electron chi connectivity index (χ3n) is 2.92. The molecule has 1 heterocycles. The van der Waals surface area contributed by atoms with Crippen LogP contribution in [0.5, 0.6) is 0 Å². The lowest BCUT2D eigenvalue weighted by Gasteiger charge is -2.20. The van der Waals surface area contributed by atoms with Crippen molar-refractivity contribution in [1.29, 1.82) is 0 Å². The van der Waals surface area contributed by atoms with Crippen LogP contribution in [0.15, 0.2) is 6.20 Å². The fourth-order valence-corrected chi connectivity index (χ4v) is 3.02. The molecule has 66 valence electrons. The van der Waals surface area contributed by atoms with E-state index in [1.54, 1.807) is 0 Å². The highest BCUT2D eigenvalue weighted by Crippen LogP contribution is 2.42. The number of aromatic nitrogens is 1. The zero-order valence-electron chi connectivity index (χ0n) is 7.76. The Balaban J connectivity index is 2.28. The Morgan fingerprint density at radius 3 is 2.58 bits per heavy atom. The average molecular weight is 181 g/mol. The summed E-state index contributed by atoms with van der Waals surface area (Å²) in [5.41, 5.74) is 0.464. The Hall–Kier alpha value is -0.370. The van der Waals surface area contributed by atoms with Gasteiger partial charge in [-0.25, -0.2) is 4.98 Å². The first-order valence-electron chi connectivity index (χ1n) is 4.64. The van der Waals surface area contributed by atoms with Crippen molar-refractivity contribution in [1.82, 2.24) is 4.98 Å². The van der Waals surface area contributed by atoms with Crippen molar-refractivity contribution in [2.45, 2.75) is 44.9 Å². The normalized spacial score (nSPS) is 21.5. The quantitative estimate of drug-likeness (QED) is 0.648. The summed E-state index contributed by atoms with van der Waals surface area (Å²) >= 11 is 1.87. The molecule has 0 atom stereocenters. The molecule has 0 aliphatic heterocycles. The summed E-state index contributed by atoms with van der Waals surface area (Å²) in [4.78, 5) is 5.82. The summed E-state index contributed by atoms with van der Waals surface area (Å²) in [6.07, 6.45) is 7.58. The number of aryl methyl sites for hydroxylation is 1. The van der Waals surface area contributed by atoms with Crippen molar-refractivity contribution in [3.05, 3.63) is 16.1 Å². The second-order valence-electron chi connectivity index (χ2n) is 4.01. The Morgan fingerprint density at radius 2 is 2.08 bits per heavy atom. The first kappa shape index (κ1) is 8.24. The molecular weight excluding hydrogens is 166 g/mol. The highest BCUT2D eigenvalue weighted by molar-refractivity contribution is 7.11. The Labute approximate surface area is 77.8 Å². The highest BCUT2D eigenvalue weighted by Gasteiger charge is 2.31. The maximum atomic E-state index is 4.32. The lowest BCUT2D eigenvalue weighted by molar-refractivity contribution is 0.501. The molecule has 1 aliphatic rings. The lowest BCUT2D eigenvalue weighted by Crippen LogP contribution is -2.14. The first-order chi connectivity index (χ1) is 5.71. The minimum atomic E-state index is 0.464. The summed E-state index contributed by atoms with van der Waals surface area (Å²) in [5, 5.41) is 1.21. The topological polar surface area (TPSA) is 12.9 Å². The minimum Gasteiger partial charge on any atom is -0.250 e. The molecule has 1 saturated carbocycles. The van der Waals surface area contributed by atoms with Crippen LogP contribution in [0.2, 0.25) is 0 Å². The van der Waals surface area contributed by atoms with Gasteiger partial charge in [-0.1, -0.05) is 19.8 Å². The van der Waals surface area contributed by atoms with E-state index in [9.17, 15) is 0 Å². The molecule has 0 amide bonds. The third kappa shape index (κ3) is 1.28. The number of hydrogen-bond acceptors (Lipinski definition) is 2. The van der Waals surface area contributed by atoms with E-state index >= 15 is 0 Å². The van der Waals surface area contributed by atoms with E-state index in [4.69, 9.17) is 0 Å². The van der Waals surface area contributed by atoms with Gasteiger partial charge in [-0.15, -0.1) is 11.3 Å². The van der Waals surface area contributed by atoms with Gasteiger partial charge in [0.1, 0.15) is 0 Å². The van der Waals surface area contributed by atoms with Gasteiger partial charge in [-0.05, 0) is 19.8 Å². The largest absolute Gasteiger partial charge is 0.250 e. The molecule has 0 radical (unpaired) electrons. The van der Waals surface area contributed by atoms with Crippen LogP contribution in [0.1, 0.15) is 42.5 Å². The van der Waals surface area contributed by atoms with Crippen molar-refractivity contribution in [2.24, 2.45) is 0 Å². The fraction of sp³-hybridized carbons (Fsp3) is 0.700. The SMILES string of the molecule is Cc1ncc(C2(C)CCCC2)s1. The standard InChI is InChI=1S/C10H15NS/c1-8-11-7-9(12-8)10(2)5-3-4-6-10/h7H,3-6H2,1-2H3. The lowest BCUT2D eigenvalue weighted by atomic mass is 9.88. The summed E-state index contributed by atoms with van der Waals surface area (Å²) in [7, 11) is 0. The van der Waals surface area contributed by atoms with Crippen molar-refractivity contribution >= 4 is 11.3 Å². The van der Waals surface area contributed by atoms with Gasteiger partial charge >= 0.3 is 0 Å².